The Bertz CT molecular complexity index is 1290. The summed E-state index contributed by atoms with van der Waals surface area (Å²) in [6, 6.07) is 5.70. The van der Waals surface area contributed by atoms with Crippen molar-refractivity contribution in [2.75, 3.05) is 6.61 Å². The Hall–Kier alpha value is -2.57. The third kappa shape index (κ3) is 3.26. The zero-order valence-electron chi connectivity index (χ0n) is 20.3. The molecule has 1 aromatic carbocycles. The van der Waals surface area contributed by atoms with Crippen molar-refractivity contribution in [3.05, 3.63) is 47.0 Å². The predicted molar refractivity (Wildman–Crippen MR) is 124 cm³/mol. The summed E-state index contributed by atoms with van der Waals surface area (Å²) in [6.45, 7) is 6.81. The molecule has 1 saturated carbocycles. The Labute approximate surface area is 209 Å². The summed E-state index contributed by atoms with van der Waals surface area (Å²) in [6.07, 6.45) is -2.26. The van der Waals surface area contributed by atoms with Crippen molar-refractivity contribution in [3.63, 3.8) is 0 Å². The van der Waals surface area contributed by atoms with Crippen LogP contribution in [0.15, 0.2) is 35.9 Å². The number of hydrogen-bond acceptors (Lipinski definition) is 10. The maximum Gasteiger partial charge on any atom is 0.341 e. The van der Waals surface area contributed by atoms with Gasteiger partial charge in [0.15, 0.2) is 6.10 Å². The molecule has 10 nitrogen and oxygen atoms in total. The summed E-state index contributed by atoms with van der Waals surface area (Å²) < 4.78 is 45.8. The second-order valence-electron chi connectivity index (χ2n) is 10.5. The van der Waals surface area contributed by atoms with Crippen LogP contribution >= 0.6 is 0 Å². The number of aliphatic hydroxyl groups excluding tert-OH is 2. The predicted octanol–water partition coefficient (Wildman–Crippen LogP) is 0.767. The van der Waals surface area contributed by atoms with E-state index in [1.54, 1.807) is 19.9 Å². The first kappa shape index (κ1) is 25.1. The first-order valence-corrected chi connectivity index (χ1v) is 12.7. The molecule has 4 aliphatic rings. The fraction of sp³-hybridized carbons (Fsp3) is 0.560. The molecule has 194 valence electrons. The molecular formula is C25H28O10S. The van der Waals surface area contributed by atoms with Crippen LogP contribution in [0.3, 0.4) is 0 Å². The first-order valence-electron chi connectivity index (χ1n) is 11.6. The number of carbonyl (C=O) groups is 2. The van der Waals surface area contributed by atoms with E-state index in [4.69, 9.17) is 18.9 Å². The third-order valence-electron chi connectivity index (χ3n) is 8.63. The molecule has 36 heavy (non-hydrogen) atoms. The van der Waals surface area contributed by atoms with Gasteiger partial charge in [0, 0.05) is 24.2 Å². The number of aliphatic hydroxyl groups is 2. The number of epoxide rings is 1. The summed E-state index contributed by atoms with van der Waals surface area (Å²) in [4.78, 5) is 25.5. The van der Waals surface area contributed by atoms with E-state index in [-0.39, 0.29) is 18.6 Å². The van der Waals surface area contributed by atoms with Gasteiger partial charge in [-0.25, -0.2) is 4.79 Å². The molecule has 0 radical (unpaired) electrons. The molecule has 3 fully saturated rings. The monoisotopic (exact) mass is 520 g/mol. The summed E-state index contributed by atoms with van der Waals surface area (Å²) in [5.41, 5.74) is -1.95. The maximum absolute atomic E-state index is 13.3. The van der Waals surface area contributed by atoms with Crippen LogP contribution in [-0.4, -0.2) is 78.3 Å². The van der Waals surface area contributed by atoms with Crippen LogP contribution < -0.4 is 0 Å². The molecule has 2 N–H and O–H groups in total. The van der Waals surface area contributed by atoms with Crippen LogP contribution in [0.25, 0.3) is 0 Å². The topological polar surface area (TPSA) is 149 Å². The Morgan fingerprint density at radius 1 is 1.14 bits per heavy atom. The lowest BCUT2D eigenvalue weighted by atomic mass is 9.51. The van der Waals surface area contributed by atoms with Gasteiger partial charge in [0.2, 0.25) is 10.3 Å². The number of fused-ring (bicyclic) bond motifs is 2. The van der Waals surface area contributed by atoms with E-state index in [2.05, 4.69) is 0 Å². The summed E-state index contributed by atoms with van der Waals surface area (Å²) in [7, 11) is -2.40. The van der Waals surface area contributed by atoms with Gasteiger partial charge in [-0.3, -0.25) is 4.79 Å². The van der Waals surface area contributed by atoms with E-state index in [1.165, 1.54) is 31.2 Å². The van der Waals surface area contributed by atoms with Gasteiger partial charge in [0.05, 0.1) is 29.7 Å². The van der Waals surface area contributed by atoms with Crippen molar-refractivity contribution in [1.82, 2.24) is 0 Å². The fourth-order valence-electron chi connectivity index (χ4n) is 6.48. The molecule has 0 aromatic heterocycles. The lowest BCUT2D eigenvalue weighted by Gasteiger charge is -2.58. The molecule has 2 bridgehead atoms. The van der Waals surface area contributed by atoms with Gasteiger partial charge in [-0.1, -0.05) is 32.1 Å². The highest BCUT2D eigenvalue weighted by molar-refractivity contribution is 7.71. The van der Waals surface area contributed by atoms with Gasteiger partial charge in [-0.05, 0) is 30.2 Å². The van der Waals surface area contributed by atoms with Gasteiger partial charge in [0.25, 0.3) is 5.79 Å². The third-order valence-corrected chi connectivity index (χ3v) is 9.09. The molecule has 2 heterocycles. The van der Waals surface area contributed by atoms with E-state index >= 15 is 0 Å². The first-order chi connectivity index (χ1) is 16.8. The van der Waals surface area contributed by atoms with Crippen LogP contribution in [-0.2, 0) is 34.0 Å². The molecule has 0 amide bonds. The number of rotatable bonds is 4. The lowest BCUT2D eigenvalue weighted by molar-refractivity contribution is -0.276. The standard InChI is InChI=1S/C25H28O10S/c1-13-9-17-23(4,19(28)18(13)27)22(3)11-25(34-14(2)26,21(33-17)24(22)12-32-24)35-20(29)16-7-5-15(6-8-16)10-36(30)31/h5-10,17-19,21,27-28H,11-12H2,1-4H3/t17-,18-,19-,21+,22-,23-,24+,25+/m1/s1. The Kier molecular flexibility index (Phi) is 5.55. The minimum Gasteiger partial charge on any atom is -0.420 e. The second kappa shape index (κ2) is 7.96. The van der Waals surface area contributed by atoms with Gasteiger partial charge in [0.1, 0.15) is 11.7 Å². The Morgan fingerprint density at radius 3 is 2.33 bits per heavy atom. The number of esters is 2. The quantitative estimate of drug-likeness (QED) is 0.192. The van der Waals surface area contributed by atoms with Crippen LogP contribution in [0.2, 0.25) is 0 Å². The number of hydrogen-bond donors (Lipinski definition) is 2. The van der Waals surface area contributed by atoms with Gasteiger partial charge < -0.3 is 29.2 Å². The normalized spacial score (nSPS) is 42.2. The highest BCUT2D eigenvalue weighted by Crippen LogP contribution is 2.74. The van der Waals surface area contributed by atoms with E-state index in [9.17, 15) is 28.2 Å². The minimum atomic E-state index is -2.40. The highest BCUT2D eigenvalue weighted by Gasteiger charge is 2.87. The van der Waals surface area contributed by atoms with Crippen molar-refractivity contribution in [1.29, 1.82) is 0 Å². The molecule has 8 atom stereocenters. The van der Waals surface area contributed by atoms with Crippen molar-refractivity contribution in [2.45, 2.75) is 69.9 Å². The lowest BCUT2D eigenvalue weighted by Crippen LogP contribution is -2.68. The van der Waals surface area contributed by atoms with Crippen LogP contribution in [0.4, 0.5) is 0 Å². The molecule has 1 spiro atoms. The number of ether oxygens (including phenoxy) is 4. The summed E-state index contributed by atoms with van der Waals surface area (Å²) >= 11 is 0. The summed E-state index contributed by atoms with van der Waals surface area (Å²) in [5.74, 6) is -3.36. The Balaban J connectivity index is 1.57. The molecule has 11 heteroatoms. The maximum atomic E-state index is 13.3. The zero-order chi connectivity index (χ0) is 26.3. The van der Waals surface area contributed by atoms with Gasteiger partial charge >= 0.3 is 11.9 Å². The van der Waals surface area contributed by atoms with E-state index in [0.29, 0.717) is 11.1 Å². The average molecular weight is 521 g/mol. The molecular weight excluding hydrogens is 492 g/mol. The smallest absolute Gasteiger partial charge is 0.341 e. The SMILES string of the molecule is CC(=O)O[C@]1(OC(=O)c2ccc(C=S(=O)=O)cc2)C[C@]2(C)[C@@]3(C)[C@H](O)[C@H](O)C(C)=C[C@H]3O[C@H]1[C@@]21CO1. The molecule has 2 saturated heterocycles. The van der Waals surface area contributed by atoms with Crippen molar-refractivity contribution in [2.24, 2.45) is 10.8 Å². The number of carbonyl (C=O) groups excluding carboxylic acids is 2. The second-order valence-corrected chi connectivity index (χ2v) is 11.3. The van der Waals surface area contributed by atoms with E-state index in [0.717, 1.165) is 5.37 Å². The number of benzene rings is 1. The largest absolute Gasteiger partial charge is 0.420 e. The summed E-state index contributed by atoms with van der Waals surface area (Å²) in [5, 5.41) is 23.0. The molecule has 0 unspecified atom stereocenters. The Morgan fingerprint density at radius 2 is 1.78 bits per heavy atom. The molecule has 1 aromatic rings. The van der Waals surface area contributed by atoms with Crippen LogP contribution in [0.1, 0.15) is 50.0 Å². The van der Waals surface area contributed by atoms with Crippen LogP contribution in [0.5, 0.6) is 0 Å². The molecule has 2 aliphatic heterocycles. The zero-order valence-corrected chi connectivity index (χ0v) is 21.1. The fourth-order valence-corrected chi connectivity index (χ4v) is 6.86. The molecule has 5 rings (SSSR count). The van der Waals surface area contributed by atoms with E-state index in [1.807, 2.05) is 6.92 Å². The van der Waals surface area contributed by atoms with Crippen molar-refractivity contribution >= 4 is 27.6 Å². The van der Waals surface area contributed by atoms with Crippen molar-refractivity contribution < 1.29 is 47.2 Å². The van der Waals surface area contributed by atoms with Gasteiger partial charge in [-0.2, -0.15) is 8.42 Å². The van der Waals surface area contributed by atoms with E-state index < -0.39 is 68.9 Å². The van der Waals surface area contributed by atoms with Crippen molar-refractivity contribution in [3.8, 4) is 0 Å². The molecule has 2 aliphatic carbocycles. The minimum absolute atomic E-state index is 0.0271. The van der Waals surface area contributed by atoms with Crippen LogP contribution in [0, 0.1) is 10.8 Å². The van der Waals surface area contributed by atoms with Gasteiger partial charge in [-0.15, -0.1) is 0 Å². The highest BCUT2D eigenvalue weighted by atomic mass is 32.2. The average Bonchev–Trinajstić information content (AvgIpc) is 3.57.